The van der Waals surface area contributed by atoms with Crippen molar-refractivity contribution in [2.24, 2.45) is 0 Å². The van der Waals surface area contributed by atoms with Crippen molar-refractivity contribution in [1.29, 1.82) is 0 Å². The second-order valence-corrected chi connectivity index (χ2v) is 6.21. The van der Waals surface area contributed by atoms with E-state index >= 15 is 0 Å². The van der Waals surface area contributed by atoms with E-state index in [4.69, 9.17) is 5.11 Å². The fourth-order valence-corrected chi connectivity index (χ4v) is 3.06. The SMILES string of the molecule is CN(CCO)CCc1nc(Cc2ccccc2)c(C(=O)O)s1. The van der Waals surface area contributed by atoms with Crippen LogP contribution in [-0.4, -0.2) is 52.8 Å². The molecular formula is C16H20N2O3S. The molecule has 2 rings (SSSR count). The van der Waals surface area contributed by atoms with Crippen molar-refractivity contribution in [3.8, 4) is 0 Å². The van der Waals surface area contributed by atoms with Gasteiger partial charge in [-0.3, -0.25) is 0 Å². The van der Waals surface area contributed by atoms with E-state index in [1.807, 2.05) is 42.3 Å². The van der Waals surface area contributed by atoms with Gasteiger partial charge in [-0.05, 0) is 12.6 Å². The lowest BCUT2D eigenvalue weighted by atomic mass is 10.1. The monoisotopic (exact) mass is 320 g/mol. The Bertz CT molecular complexity index is 613. The first kappa shape index (κ1) is 16.6. The summed E-state index contributed by atoms with van der Waals surface area (Å²) in [5.41, 5.74) is 1.68. The minimum atomic E-state index is -0.918. The zero-order chi connectivity index (χ0) is 15.9. The van der Waals surface area contributed by atoms with Crippen LogP contribution in [0, 0.1) is 0 Å². The number of carbonyl (C=O) groups is 1. The second-order valence-electron chi connectivity index (χ2n) is 5.13. The van der Waals surface area contributed by atoms with Gasteiger partial charge in [-0.1, -0.05) is 30.3 Å². The van der Waals surface area contributed by atoms with Gasteiger partial charge in [0, 0.05) is 25.9 Å². The first-order valence-corrected chi connectivity index (χ1v) is 7.97. The standard InChI is InChI=1S/C16H20N2O3S/c1-18(9-10-19)8-7-14-17-13(15(22-14)16(20)21)11-12-5-3-2-4-6-12/h2-6,19H,7-11H2,1H3,(H,20,21). The summed E-state index contributed by atoms with van der Waals surface area (Å²) in [6.45, 7) is 1.47. The Hall–Kier alpha value is -1.76. The third-order valence-corrected chi connectivity index (χ3v) is 4.48. The third kappa shape index (κ3) is 4.62. The van der Waals surface area contributed by atoms with Crippen LogP contribution in [-0.2, 0) is 12.8 Å². The van der Waals surface area contributed by atoms with Crippen LogP contribution in [0.15, 0.2) is 30.3 Å². The van der Waals surface area contributed by atoms with Gasteiger partial charge >= 0.3 is 5.97 Å². The smallest absolute Gasteiger partial charge is 0.347 e. The molecule has 0 radical (unpaired) electrons. The van der Waals surface area contributed by atoms with Gasteiger partial charge in [-0.25, -0.2) is 9.78 Å². The van der Waals surface area contributed by atoms with Gasteiger partial charge < -0.3 is 15.1 Å². The van der Waals surface area contributed by atoms with E-state index in [1.165, 1.54) is 11.3 Å². The highest BCUT2D eigenvalue weighted by molar-refractivity contribution is 7.13. The minimum absolute atomic E-state index is 0.119. The molecule has 0 unspecified atom stereocenters. The van der Waals surface area contributed by atoms with Crippen molar-refractivity contribution < 1.29 is 15.0 Å². The summed E-state index contributed by atoms with van der Waals surface area (Å²) in [5, 5.41) is 19.1. The van der Waals surface area contributed by atoms with Gasteiger partial charge in [0.2, 0.25) is 0 Å². The molecule has 0 spiro atoms. The van der Waals surface area contributed by atoms with Crippen LogP contribution in [0.3, 0.4) is 0 Å². The van der Waals surface area contributed by atoms with E-state index in [-0.39, 0.29) is 6.61 Å². The van der Waals surface area contributed by atoms with Crippen molar-refractivity contribution in [2.45, 2.75) is 12.8 Å². The molecule has 118 valence electrons. The molecule has 2 N–H and O–H groups in total. The molecule has 0 saturated carbocycles. The molecular weight excluding hydrogens is 300 g/mol. The predicted molar refractivity (Wildman–Crippen MR) is 86.6 cm³/mol. The molecule has 1 aromatic heterocycles. The van der Waals surface area contributed by atoms with E-state index in [0.29, 0.717) is 30.0 Å². The maximum Gasteiger partial charge on any atom is 0.347 e. The average molecular weight is 320 g/mol. The van der Waals surface area contributed by atoms with Crippen molar-refractivity contribution in [2.75, 3.05) is 26.7 Å². The molecule has 5 nitrogen and oxygen atoms in total. The van der Waals surface area contributed by atoms with E-state index in [9.17, 15) is 9.90 Å². The van der Waals surface area contributed by atoms with E-state index in [0.717, 1.165) is 17.1 Å². The summed E-state index contributed by atoms with van der Waals surface area (Å²) in [5.74, 6) is -0.918. The molecule has 0 bridgehead atoms. The third-order valence-electron chi connectivity index (χ3n) is 3.34. The summed E-state index contributed by atoms with van der Waals surface area (Å²) in [7, 11) is 1.92. The van der Waals surface area contributed by atoms with Crippen LogP contribution in [0.5, 0.6) is 0 Å². The molecule has 0 aliphatic carbocycles. The quantitative estimate of drug-likeness (QED) is 0.777. The normalized spacial score (nSPS) is 11.0. The molecule has 1 heterocycles. The lowest BCUT2D eigenvalue weighted by molar-refractivity contribution is 0.0701. The Kier molecular flexibility index (Phi) is 6.06. The number of aromatic nitrogens is 1. The van der Waals surface area contributed by atoms with Gasteiger partial charge in [-0.2, -0.15) is 0 Å². The number of carboxylic acid groups (broad SMARTS) is 1. The van der Waals surface area contributed by atoms with Crippen molar-refractivity contribution in [1.82, 2.24) is 9.88 Å². The number of hydrogen-bond acceptors (Lipinski definition) is 5. The number of rotatable bonds is 8. The minimum Gasteiger partial charge on any atom is -0.477 e. The summed E-state index contributed by atoms with van der Waals surface area (Å²) >= 11 is 1.25. The number of aliphatic hydroxyl groups is 1. The topological polar surface area (TPSA) is 73.7 Å². The Labute approximate surface area is 133 Å². The highest BCUT2D eigenvalue weighted by atomic mass is 32.1. The van der Waals surface area contributed by atoms with Crippen molar-refractivity contribution in [3.05, 3.63) is 51.5 Å². The Morgan fingerprint density at radius 3 is 2.64 bits per heavy atom. The second kappa shape index (κ2) is 8.03. The van der Waals surface area contributed by atoms with Gasteiger partial charge in [-0.15, -0.1) is 11.3 Å². The summed E-state index contributed by atoms with van der Waals surface area (Å²) in [4.78, 5) is 18.2. The highest BCUT2D eigenvalue weighted by Gasteiger charge is 2.17. The van der Waals surface area contributed by atoms with Crippen LogP contribution in [0.4, 0.5) is 0 Å². The number of thiazole rings is 1. The average Bonchev–Trinajstić information content (AvgIpc) is 2.90. The molecule has 0 aliphatic rings. The number of benzene rings is 1. The molecule has 0 atom stereocenters. The summed E-state index contributed by atoms with van der Waals surface area (Å²) in [6, 6.07) is 9.75. The fraction of sp³-hybridized carbons (Fsp3) is 0.375. The van der Waals surface area contributed by atoms with Crippen molar-refractivity contribution >= 4 is 17.3 Å². The lowest BCUT2D eigenvalue weighted by Gasteiger charge is -2.13. The Balaban J connectivity index is 2.10. The number of aliphatic hydroxyl groups excluding tert-OH is 1. The predicted octanol–water partition coefficient (Wildman–Crippen LogP) is 1.90. The molecule has 0 saturated heterocycles. The van der Waals surface area contributed by atoms with E-state index in [2.05, 4.69) is 4.98 Å². The number of nitrogens with zero attached hydrogens (tertiary/aromatic N) is 2. The van der Waals surface area contributed by atoms with E-state index < -0.39 is 5.97 Å². The van der Waals surface area contributed by atoms with Crippen LogP contribution in [0.1, 0.15) is 25.9 Å². The van der Waals surface area contributed by atoms with Crippen LogP contribution in [0.2, 0.25) is 0 Å². The molecule has 6 heteroatoms. The van der Waals surface area contributed by atoms with Gasteiger partial charge in [0.15, 0.2) is 0 Å². The number of hydrogen-bond donors (Lipinski definition) is 2. The van der Waals surface area contributed by atoms with Gasteiger partial charge in [0.1, 0.15) is 4.88 Å². The number of likely N-dealkylation sites (N-methyl/N-ethyl adjacent to an activating group) is 1. The van der Waals surface area contributed by atoms with Gasteiger partial charge in [0.05, 0.1) is 17.3 Å². The summed E-state index contributed by atoms with van der Waals surface area (Å²) in [6.07, 6.45) is 1.22. The maximum absolute atomic E-state index is 11.4. The lowest BCUT2D eigenvalue weighted by Crippen LogP contribution is -2.24. The molecule has 0 amide bonds. The van der Waals surface area contributed by atoms with Gasteiger partial charge in [0.25, 0.3) is 0 Å². The zero-order valence-corrected chi connectivity index (χ0v) is 13.3. The van der Waals surface area contributed by atoms with Crippen LogP contribution in [0.25, 0.3) is 0 Å². The number of carboxylic acids is 1. The Morgan fingerprint density at radius 2 is 2.00 bits per heavy atom. The molecule has 0 aliphatic heterocycles. The first-order valence-electron chi connectivity index (χ1n) is 7.15. The molecule has 22 heavy (non-hydrogen) atoms. The largest absolute Gasteiger partial charge is 0.477 e. The molecule has 1 aromatic carbocycles. The van der Waals surface area contributed by atoms with Crippen molar-refractivity contribution in [3.63, 3.8) is 0 Å². The van der Waals surface area contributed by atoms with E-state index in [1.54, 1.807) is 0 Å². The van der Waals surface area contributed by atoms with Crippen LogP contribution < -0.4 is 0 Å². The zero-order valence-electron chi connectivity index (χ0n) is 12.5. The Morgan fingerprint density at radius 1 is 1.27 bits per heavy atom. The summed E-state index contributed by atoms with van der Waals surface area (Å²) < 4.78 is 0. The fourth-order valence-electron chi connectivity index (χ4n) is 2.15. The highest BCUT2D eigenvalue weighted by Crippen LogP contribution is 2.22. The van der Waals surface area contributed by atoms with Crippen LogP contribution >= 0.6 is 11.3 Å². The number of aromatic carboxylic acids is 1. The maximum atomic E-state index is 11.4. The molecule has 2 aromatic rings. The first-order chi connectivity index (χ1) is 10.6. The molecule has 0 fully saturated rings.